The zero-order valence-corrected chi connectivity index (χ0v) is 17.5. The Morgan fingerprint density at radius 1 is 1.20 bits per heavy atom. The summed E-state index contributed by atoms with van der Waals surface area (Å²) in [5.74, 6) is 0.515. The van der Waals surface area contributed by atoms with Crippen LogP contribution in [0.1, 0.15) is 22.0 Å². The molecule has 0 aromatic carbocycles. The summed E-state index contributed by atoms with van der Waals surface area (Å²) in [7, 11) is -1.46. The SMILES string of the molecule is COc1cc(C)nc(NC(=O)c2nc(CN3CCS(=O)(=O)CC3)c3ccccn23)n1. The highest BCUT2D eigenvalue weighted by molar-refractivity contribution is 7.91. The quantitative estimate of drug-likeness (QED) is 0.635. The Labute approximate surface area is 173 Å². The molecule has 1 aliphatic heterocycles. The molecule has 0 unspecified atom stereocenters. The highest BCUT2D eigenvalue weighted by Gasteiger charge is 2.24. The lowest BCUT2D eigenvalue weighted by atomic mass is 10.3. The molecule has 4 rings (SSSR count). The molecule has 1 amide bonds. The van der Waals surface area contributed by atoms with Crippen molar-refractivity contribution in [2.45, 2.75) is 13.5 Å². The largest absolute Gasteiger partial charge is 0.481 e. The fourth-order valence-corrected chi connectivity index (χ4v) is 4.63. The van der Waals surface area contributed by atoms with E-state index in [1.165, 1.54) is 7.11 Å². The fourth-order valence-electron chi connectivity index (χ4n) is 3.36. The van der Waals surface area contributed by atoms with Crippen LogP contribution in [0, 0.1) is 6.92 Å². The number of carbonyl (C=O) groups excluding carboxylic acids is 1. The standard InChI is InChI=1S/C19H22N6O4S/c1-13-11-16(29-2)22-19(20-13)23-18(26)17-21-14(15-5-3-4-6-25(15)17)12-24-7-9-30(27,28)10-8-24/h3-6,11H,7-10,12H2,1-2H3,(H,20,22,23,26). The van der Waals surface area contributed by atoms with Gasteiger partial charge in [0.15, 0.2) is 9.84 Å². The highest BCUT2D eigenvalue weighted by atomic mass is 32.2. The summed E-state index contributed by atoms with van der Waals surface area (Å²) in [4.78, 5) is 27.9. The molecule has 30 heavy (non-hydrogen) atoms. The molecule has 1 aliphatic rings. The lowest BCUT2D eigenvalue weighted by Crippen LogP contribution is -2.39. The second kappa shape index (κ2) is 8.00. The third kappa shape index (κ3) is 4.26. The number of nitrogens with one attached hydrogen (secondary N) is 1. The number of sulfone groups is 1. The van der Waals surface area contributed by atoms with E-state index in [0.717, 1.165) is 5.52 Å². The molecule has 0 spiro atoms. The normalized spacial score (nSPS) is 16.5. The minimum atomic E-state index is -2.96. The maximum absolute atomic E-state index is 12.9. The van der Waals surface area contributed by atoms with Crippen molar-refractivity contribution < 1.29 is 17.9 Å². The van der Waals surface area contributed by atoms with Gasteiger partial charge in [-0.1, -0.05) is 6.07 Å². The number of methoxy groups -OCH3 is 1. The number of anilines is 1. The van der Waals surface area contributed by atoms with Gasteiger partial charge in [0.05, 0.1) is 29.8 Å². The van der Waals surface area contributed by atoms with Gasteiger partial charge in [0.2, 0.25) is 17.7 Å². The summed E-state index contributed by atoms with van der Waals surface area (Å²) in [5.41, 5.74) is 2.16. The number of pyridine rings is 1. The molecule has 1 N–H and O–H groups in total. The summed E-state index contributed by atoms with van der Waals surface area (Å²) in [6.45, 7) is 3.14. The van der Waals surface area contributed by atoms with Gasteiger partial charge in [0.25, 0.3) is 5.91 Å². The van der Waals surface area contributed by atoms with Crippen LogP contribution in [0.5, 0.6) is 5.88 Å². The number of ether oxygens (including phenoxy) is 1. The van der Waals surface area contributed by atoms with E-state index in [2.05, 4.69) is 20.3 Å². The molecule has 0 atom stereocenters. The van der Waals surface area contributed by atoms with E-state index in [1.807, 2.05) is 23.1 Å². The Balaban J connectivity index is 1.60. The van der Waals surface area contributed by atoms with E-state index in [9.17, 15) is 13.2 Å². The second-order valence-corrected chi connectivity index (χ2v) is 9.40. The van der Waals surface area contributed by atoms with Crippen molar-refractivity contribution in [2.75, 3.05) is 37.0 Å². The number of fused-ring (bicyclic) bond motifs is 1. The van der Waals surface area contributed by atoms with Crippen LogP contribution < -0.4 is 10.1 Å². The third-order valence-corrected chi connectivity index (χ3v) is 6.51. The molecule has 11 heteroatoms. The summed E-state index contributed by atoms with van der Waals surface area (Å²) >= 11 is 0. The molecule has 1 fully saturated rings. The number of carbonyl (C=O) groups is 1. The first kappa shape index (κ1) is 20.2. The molecule has 3 aromatic heterocycles. The van der Waals surface area contributed by atoms with Crippen molar-refractivity contribution in [1.29, 1.82) is 0 Å². The number of imidazole rings is 1. The van der Waals surface area contributed by atoms with Gasteiger partial charge in [0.1, 0.15) is 0 Å². The van der Waals surface area contributed by atoms with Crippen LogP contribution in [-0.2, 0) is 16.4 Å². The lowest BCUT2D eigenvalue weighted by Gasteiger charge is -2.25. The van der Waals surface area contributed by atoms with Crippen LogP contribution in [0.3, 0.4) is 0 Å². The van der Waals surface area contributed by atoms with Gasteiger partial charge in [-0.15, -0.1) is 0 Å². The second-order valence-electron chi connectivity index (χ2n) is 7.10. The molecule has 10 nitrogen and oxygen atoms in total. The first-order valence-corrected chi connectivity index (χ1v) is 11.3. The Hall–Kier alpha value is -3.05. The maximum atomic E-state index is 12.9. The first-order chi connectivity index (χ1) is 14.3. The highest BCUT2D eigenvalue weighted by Crippen LogP contribution is 2.18. The summed E-state index contributed by atoms with van der Waals surface area (Å²) in [5, 5.41) is 2.68. The number of rotatable bonds is 5. The molecule has 4 heterocycles. The average molecular weight is 430 g/mol. The Morgan fingerprint density at radius 3 is 2.70 bits per heavy atom. The molecule has 158 valence electrons. The van der Waals surface area contributed by atoms with Crippen molar-refractivity contribution >= 4 is 27.2 Å². The first-order valence-electron chi connectivity index (χ1n) is 9.44. The molecular weight excluding hydrogens is 408 g/mol. The molecule has 3 aromatic rings. The molecule has 0 radical (unpaired) electrons. The van der Waals surface area contributed by atoms with Crippen LogP contribution in [0.15, 0.2) is 30.5 Å². The van der Waals surface area contributed by atoms with Crippen molar-refractivity contribution in [3.8, 4) is 5.88 Å². The van der Waals surface area contributed by atoms with Crippen molar-refractivity contribution in [3.05, 3.63) is 47.7 Å². The van der Waals surface area contributed by atoms with E-state index in [4.69, 9.17) is 4.74 Å². The molecule has 0 saturated carbocycles. The number of nitrogens with zero attached hydrogens (tertiary/aromatic N) is 5. The summed E-state index contributed by atoms with van der Waals surface area (Å²) in [6, 6.07) is 7.23. The molecule has 1 saturated heterocycles. The summed E-state index contributed by atoms with van der Waals surface area (Å²) < 4.78 is 30.2. The lowest BCUT2D eigenvalue weighted by molar-refractivity contribution is 0.101. The van der Waals surface area contributed by atoms with Crippen LogP contribution in [0.4, 0.5) is 5.95 Å². The predicted molar refractivity (Wildman–Crippen MR) is 110 cm³/mol. The van der Waals surface area contributed by atoms with Crippen LogP contribution in [0.2, 0.25) is 0 Å². The van der Waals surface area contributed by atoms with E-state index in [-0.39, 0.29) is 23.3 Å². The predicted octanol–water partition coefficient (Wildman–Crippen LogP) is 0.924. The smallest absolute Gasteiger partial charge is 0.294 e. The van der Waals surface area contributed by atoms with Crippen molar-refractivity contribution in [3.63, 3.8) is 0 Å². The van der Waals surface area contributed by atoms with E-state index >= 15 is 0 Å². The number of hydrogen-bond donors (Lipinski definition) is 1. The van der Waals surface area contributed by atoms with Gasteiger partial charge < -0.3 is 4.74 Å². The Bertz CT molecular complexity index is 1190. The number of hydrogen-bond acceptors (Lipinski definition) is 8. The van der Waals surface area contributed by atoms with Crippen molar-refractivity contribution in [1.82, 2.24) is 24.3 Å². The van der Waals surface area contributed by atoms with Crippen LogP contribution in [-0.4, -0.2) is 70.3 Å². The number of aryl methyl sites for hydroxylation is 1. The van der Waals surface area contributed by atoms with Crippen LogP contribution >= 0.6 is 0 Å². The minimum Gasteiger partial charge on any atom is -0.481 e. The zero-order valence-electron chi connectivity index (χ0n) is 16.7. The van der Waals surface area contributed by atoms with Gasteiger partial charge in [-0.3, -0.25) is 19.4 Å². The van der Waals surface area contributed by atoms with Gasteiger partial charge in [0, 0.05) is 37.6 Å². The van der Waals surface area contributed by atoms with E-state index in [0.29, 0.717) is 36.9 Å². The Kier molecular flexibility index (Phi) is 5.39. The van der Waals surface area contributed by atoms with Gasteiger partial charge in [-0.2, -0.15) is 4.98 Å². The maximum Gasteiger partial charge on any atom is 0.294 e. The monoisotopic (exact) mass is 430 g/mol. The molecule has 0 aliphatic carbocycles. The molecular formula is C19H22N6O4S. The van der Waals surface area contributed by atoms with E-state index < -0.39 is 15.7 Å². The van der Waals surface area contributed by atoms with Crippen molar-refractivity contribution in [2.24, 2.45) is 0 Å². The minimum absolute atomic E-state index is 0.132. The fraction of sp³-hybridized carbons (Fsp3) is 0.368. The van der Waals surface area contributed by atoms with Gasteiger partial charge >= 0.3 is 0 Å². The average Bonchev–Trinajstić information content (AvgIpc) is 3.08. The third-order valence-electron chi connectivity index (χ3n) is 4.90. The zero-order chi connectivity index (χ0) is 21.3. The number of aromatic nitrogens is 4. The van der Waals surface area contributed by atoms with E-state index in [1.54, 1.807) is 23.6 Å². The van der Waals surface area contributed by atoms with Gasteiger partial charge in [-0.25, -0.2) is 18.4 Å². The summed E-state index contributed by atoms with van der Waals surface area (Å²) in [6.07, 6.45) is 1.76. The number of amides is 1. The Morgan fingerprint density at radius 2 is 1.97 bits per heavy atom. The topological polar surface area (TPSA) is 119 Å². The van der Waals surface area contributed by atoms with Gasteiger partial charge in [-0.05, 0) is 19.1 Å². The van der Waals surface area contributed by atoms with Crippen LogP contribution in [0.25, 0.3) is 5.52 Å². The molecule has 0 bridgehead atoms.